The van der Waals surface area contributed by atoms with Crippen LogP contribution in [-0.4, -0.2) is 17.2 Å². The molecule has 1 aromatic carbocycles. The van der Waals surface area contributed by atoms with E-state index in [1.54, 1.807) is 19.1 Å². The first kappa shape index (κ1) is 13.4. The minimum absolute atomic E-state index is 0.0980. The van der Waals surface area contributed by atoms with E-state index < -0.39 is 0 Å². The van der Waals surface area contributed by atoms with Gasteiger partial charge in [0.25, 0.3) is 5.91 Å². The molecule has 1 N–H and O–H groups in total. The zero-order chi connectivity index (χ0) is 12.9. The number of amides is 1. The van der Waals surface area contributed by atoms with E-state index in [0.29, 0.717) is 18.4 Å². The Morgan fingerprint density at radius 1 is 1.18 bits per heavy atom. The Hall–Kier alpha value is -1.64. The van der Waals surface area contributed by atoms with Gasteiger partial charge in [0.05, 0.1) is 0 Å². The van der Waals surface area contributed by atoms with Gasteiger partial charge in [0.2, 0.25) is 0 Å². The first-order chi connectivity index (χ1) is 7.91. The van der Waals surface area contributed by atoms with Crippen molar-refractivity contribution in [2.75, 3.05) is 0 Å². The topological polar surface area (TPSA) is 46.2 Å². The van der Waals surface area contributed by atoms with E-state index in [1.807, 2.05) is 32.0 Å². The van der Waals surface area contributed by atoms with E-state index in [2.05, 4.69) is 5.32 Å². The molecule has 0 spiro atoms. The lowest BCUT2D eigenvalue weighted by Crippen LogP contribution is -2.43. The van der Waals surface area contributed by atoms with Crippen molar-refractivity contribution in [3.63, 3.8) is 0 Å². The molecule has 1 rings (SSSR count). The molecule has 0 saturated heterocycles. The fraction of sp³-hybridized carbons (Fsp3) is 0.429. The van der Waals surface area contributed by atoms with Gasteiger partial charge in [0, 0.05) is 17.5 Å². The second-order valence-electron chi connectivity index (χ2n) is 4.91. The number of carbonyl (C=O) groups is 2. The normalized spacial score (nSPS) is 11.0. The Morgan fingerprint density at radius 2 is 1.76 bits per heavy atom. The van der Waals surface area contributed by atoms with Crippen molar-refractivity contribution in [1.29, 1.82) is 0 Å². The minimum Gasteiger partial charge on any atom is -0.347 e. The number of hydrogen-bond acceptors (Lipinski definition) is 2. The van der Waals surface area contributed by atoms with Gasteiger partial charge in [-0.25, -0.2) is 0 Å². The van der Waals surface area contributed by atoms with Crippen LogP contribution in [0.25, 0.3) is 0 Å². The zero-order valence-corrected chi connectivity index (χ0v) is 10.6. The average molecular weight is 233 g/mol. The maximum Gasteiger partial charge on any atom is 0.251 e. The summed E-state index contributed by atoms with van der Waals surface area (Å²) in [7, 11) is 0. The Kier molecular flexibility index (Phi) is 4.44. The van der Waals surface area contributed by atoms with Gasteiger partial charge in [0.15, 0.2) is 0 Å². The number of carbonyl (C=O) groups excluding carboxylic acids is 2. The van der Waals surface area contributed by atoms with Crippen LogP contribution in [0.5, 0.6) is 0 Å². The molecule has 0 saturated carbocycles. The van der Waals surface area contributed by atoms with Crippen LogP contribution in [-0.2, 0) is 4.79 Å². The molecule has 92 valence electrons. The van der Waals surface area contributed by atoms with Gasteiger partial charge in [-0.05, 0) is 39.3 Å². The van der Waals surface area contributed by atoms with Crippen LogP contribution in [0.3, 0.4) is 0 Å². The molecular weight excluding hydrogens is 214 g/mol. The number of benzene rings is 1. The van der Waals surface area contributed by atoms with Crippen LogP contribution >= 0.6 is 0 Å². The summed E-state index contributed by atoms with van der Waals surface area (Å²) in [5.41, 5.74) is 0.280. The molecule has 0 aliphatic rings. The van der Waals surface area contributed by atoms with Gasteiger partial charge >= 0.3 is 0 Å². The molecule has 0 atom stereocenters. The van der Waals surface area contributed by atoms with Crippen LogP contribution in [0.4, 0.5) is 0 Å². The summed E-state index contributed by atoms with van der Waals surface area (Å²) in [6.07, 6.45) is 1.14. The average Bonchev–Trinajstić information content (AvgIpc) is 2.27. The first-order valence-corrected chi connectivity index (χ1v) is 5.78. The summed E-state index contributed by atoms with van der Waals surface area (Å²) in [5.74, 6) is 0.0474. The smallest absolute Gasteiger partial charge is 0.251 e. The van der Waals surface area contributed by atoms with Crippen LogP contribution in [0.2, 0.25) is 0 Å². The third kappa shape index (κ3) is 4.81. The number of hydrogen-bond donors (Lipinski definition) is 1. The molecular formula is C14H19NO2. The second kappa shape index (κ2) is 5.62. The lowest BCUT2D eigenvalue weighted by molar-refractivity contribution is -0.117. The summed E-state index contributed by atoms with van der Waals surface area (Å²) in [6, 6.07) is 9.08. The van der Waals surface area contributed by atoms with Crippen LogP contribution in [0, 0.1) is 0 Å². The highest BCUT2D eigenvalue weighted by atomic mass is 16.1. The van der Waals surface area contributed by atoms with Gasteiger partial charge in [0.1, 0.15) is 5.78 Å². The molecule has 3 heteroatoms. The molecule has 0 aliphatic heterocycles. The molecule has 17 heavy (non-hydrogen) atoms. The maximum absolute atomic E-state index is 11.9. The Bertz CT molecular complexity index is 396. The van der Waals surface area contributed by atoms with E-state index in [4.69, 9.17) is 0 Å². The lowest BCUT2D eigenvalue weighted by Gasteiger charge is -2.25. The molecule has 0 fully saturated rings. The number of ketones is 1. The number of rotatable bonds is 5. The third-order valence-electron chi connectivity index (χ3n) is 2.59. The van der Waals surface area contributed by atoms with E-state index in [0.717, 1.165) is 0 Å². The van der Waals surface area contributed by atoms with Crippen molar-refractivity contribution < 1.29 is 9.59 Å². The Labute approximate surface area is 102 Å². The van der Waals surface area contributed by atoms with E-state index in [9.17, 15) is 9.59 Å². The van der Waals surface area contributed by atoms with Gasteiger partial charge in [-0.15, -0.1) is 0 Å². The Balaban J connectivity index is 2.58. The number of nitrogens with one attached hydrogen (secondary N) is 1. The highest BCUT2D eigenvalue weighted by Gasteiger charge is 2.21. The zero-order valence-electron chi connectivity index (χ0n) is 10.6. The van der Waals surface area contributed by atoms with Crippen molar-refractivity contribution in [3.8, 4) is 0 Å². The molecule has 1 aromatic rings. The van der Waals surface area contributed by atoms with Crippen molar-refractivity contribution in [2.24, 2.45) is 0 Å². The van der Waals surface area contributed by atoms with E-state index in [1.165, 1.54) is 0 Å². The molecule has 0 radical (unpaired) electrons. The van der Waals surface area contributed by atoms with E-state index >= 15 is 0 Å². The van der Waals surface area contributed by atoms with Crippen molar-refractivity contribution >= 4 is 11.7 Å². The molecule has 0 aliphatic carbocycles. The summed E-state index contributed by atoms with van der Waals surface area (Å²) < 4.78 is 0. The van der Waals surface area contributed by atoms with Crippen LogP contribution < -0.4 is 5.32 Å². The first-order valence-electron chi connectivity index (χ1n) is 5.78. The number of Topliss-reactive ketones (excluding diaryl/α,β-unsaturated/α-hetero) is 1. The standard InChI is InChI=1S/C14H19NO2/c1-11(16)9-10-14(2,3)15-13(17)12-7-5-4-6-8-12/h4-8H,9-10H2,1-3H3,(H,15,17). The minimum atomic E-state index is -0.363. The molecule has 1 amide bonds. The van der Waals surface area contributed by atoms with Crippen molar-refractivity contribution in [3.05, 3.63) is 35.9 Å². The van der Waals surface area contributed by atoms with Crippen molar-refractivity contribution in [1.82, 2.24) is 5.32 Å². The summed E-state index contributed by atoms with van der Waals surface area (Å²) in [6.45, 7) is 5.42. The molecule has 0 unspecified atom stereocenters. The fourth-order valence-corrected chi connectivity index (χ4v) is 1.52. The monoisotopic (exact) mass is 233 g/mol. The molecule has 3 nitrogen and oxygen atoms in total. The largest absolute Gasteiger partial charge is 0.347 e. The maximum atomic E-state index is 11.9. The molecule has 0 aromatic heterocycles. The fourth-order valence-electron chi connectivity index (χ4n) is 1.52. The predicted octanol–water partition coefficient (Wildman–Crippen LogP) is 2.56. The second-order valence-corrected chi connectivity index (χ2v) is 4.91. The lowest BCUT2D eigenvalue weighted by atomic mass is 9.96. The molecule has 0 bridgehead atoms. The summed E-state index contributed by atoms with van der Waals surface area (Å²) >= 11 is 0. The highest BCUT2D eigenvalue weighted by molar-refractivity contribution is 5.94. The molecule has 0 heterocycles. The highest BCUT2D eigenvalue weighted by Crippen LogP contribution is 2.12. The van der Waals surface area contributed by atoms with Gasteiger partial charge in [-0.1, -0.05) is 18.2 Å². The van der Waals surface area contributed by atoms with Gasteiger partial charge in [-0.3, -0.25) is 4.79 Å². The predicted molar refractivity (Wildman–Crippen MR) is 67.9 cm³/mol. The van der Waals surface area contributed by atoms with Crippen molar-refractivity contribution in [2.45, 2.75) is 39.2 Å². The quantitative estimate of drug-likeness (QED) is 0.849. The van der Waals surface area contributed by atoms with Gasteiger partial charge in [-0.2, -0.15) is 0 Å². The Morgan fingerprint density at radius 3 is 2.29 bits per heavy atom. The van der Waals surface area contributed by atoms with Crippen LogP contribution in [0.15, 0.2) is 30.3 Å². The SMILES string of the molecule is CC(=O)CCC(C)(C)NC(=O)c1ccccc1. The van der Waals surface area contributed by atoms with Crippen LogP contribution in [0.1, 0.15) is 44.0 Å². The third-order valence-corrected chi connectivity index (χ3v) is 2.59. The summed E-state index contributed by atoms with van der Waals surface area (Å²) in [5, 5.41) is 2.94. The van der Waals surface area contributed by atoms with Gasteiger partial charge < -0.3 is 10.1 Å². The van der Waals surface area contributed by atoms with E-state index in [-0.39, 0.29) is 17.2 Å². The summed E-state index contributed by atoms with van der Waals surface area (Å²) in [4.78, 5) is 22.8.